The van der Waals surface area contributed by atoms with Crippen LogP contribution in [0.3, 0.4) is 0 Å². The second-order valence-electron chi connectivity index (χ2n) is 5.68. The molecule has 0 aromatic heterocycles. The maximum Gasteiger partial charge on any atom is 0.314 e. The molecule has 0 spiro atoms. The third-order valence-electron chi connectivity index (χ3n) is 4.16. The molecule has 0 amide bonds. The molecule has 0 N–H and O–H groups in total. The minimum Gasteiger partial charge on any atom is -0.426 e. The summed E-state index contributed by atoms with van der Waals surface area (Å²) in [6.45, 7) is 2.18. The molecule has 0 saturated heterocycles. The van der Waals surface area contributed by atoms with E-state index in [4.69, 9.17) is 10.00 Å². The summed E-state index contributed by atoms with van der Waals surface area (Å²) < 4.78 is 18.7. The van der Waals surface area contributed by atoms with Crippen LogP contribution >= 0.6 is 0 Å². The molecule has 112 valence electrons. The Bertz CT molecular complexity index is 542. The minimum atomic E-state index is -0.658. The number of ether oxygens (including phenoxy) is 1. The van der Waals surface area contributed by atoms with Gasteiger partial charge in [0.2, 0.25) is 0 Å². The van der Waals surface area contributed by atoms with Crippen molar-refractivity contribution in [1.29, 1.82) is 5.26 Å². The second kappa shape index (κ2) is 7.21. The quantitative estimate of drug-likeness (QED) is 0.616. The second-order valence-corrected chi connectivity index (χ2v) is 5.68. The van der Waals surface area contributed by atoms with E-state index in [0.29, 0.717) is 0 Å². The number of carbonyl (C=O) groups is 1. The van der Waals surface area contributed by atoms with E-state index in [2.05, 4.69) is 6.92 Å². The molecule has 1 aromatic rings. The summed E-state index contributed by atoms with van der Waals surface area (Å²) in [5.74, 6) is -0.126. The van der Waals surface area contributed by atoms with Gasteiger partial charge in [0.25, 0.3) is 0 Å². The Morgan fingerprint density at radius 1 is 1.38 bits per heavy atom. The van der Waals surface area contributed by atoms with Gasteiger partial charge in [-0.25, -0.2) is 4.39 Å². The van der Waals surface area contributed by atoms with Crippen molar-refractivity contribution in [3.8, 4) is 11.8 Å². The molecule has 1 saturated carbocycles. The SMILES string of the molecule is CCC[C@H]1CC[C@H](C(=O)Oc2ccc(C#N)c(F)c2)CC1. The van der Waals surface area contributed by atoms with E-state index in [-0.39, 0.29) is 23.2 Å². The highest BCUT2D eigenvalue weighted by molar-refractivity contribution is 5.75. The number of carbonyl (C=O) groups excluding carboxylic acids is 1. The van der Waals surface area contributed by atoms with Crippen molar-refractivity contribution in [2.24, 2.45) is 11.8 Å². The Balaban J connectivity index is 1.90. The van der Waals surface area contributed by atoms with Gasteiger partial charge in [0.15, 0.2) is 0 Å². The van der Waals surface area contributed by atoms with Crippen LogP contribution in [0.15, 0.2) is 18.2 Å². The summed E-state index contributed by atoms with van der Waals surface area (Å²) in [7, 11) is 0. The van der Waals surface area contributed by atoms with Crippen LogP contribution in [-0.4, -0.2) is 5.97 Å². The normalized spacial score (nSPS) is 21.6. The number of hydrogen-bond acceptors (Lipinski definition) is 3. The van der Waals surface area contributed by atoms with Crippen molar-refractivity contribution in [3.05, 3.63) is 29.6 Å². The molecule has 21 heavy (non-hydrogen) atoms. The van der Waals surface area contributed by atoms with Gasteiger partial charge in [0.1, 0.15) is 17.6 Å². The molecular weight excluding hydrogens is 269 g/mol. The van der Waals surface area contributed by atoms with E-state index in [1.165, 1.54) is 25.0 Å². The molecule has 0 radical (unpaired) electrons. The number of rotatable bonds is 4. The topological polar surface area (TPSA) is 50.1 Å². The molecule has 0 atom stereocenters. The van der Waals surface area contributed by atoms with Gasteiger partial charge in [-0.2, -0.15) is 5.26 Å². The Labute approximate surface area is 124 Å². The first kappa shape index (κ1) is 15.5. The van der Waals surface area contributed by atoms with Crippen LogP contribution in [0.25, 0.3) is 0 Å². The van der Waals surface area contributed by atoms with Gasteiger partial charge in [-0.1, -0.05) is 19.8 Å². The molecule has 2 rings (SSSR count). The first-order valence-electron chi connectivity index (χ1n) is 7.55. The van der Waals surface area contributed by atoms with Gasteiger partial charge in [-0.3, -0.25) is 4.79 Å². The van der Waals surface area contributed by atoms with Gasteiger partial charge in [0.05, 0.1) is 11.5 Å². The number of nitrogens with zero attached hydrogens (tertiary/aromatic N) is 1. The number of esters is 1. The van der Waals surface area contributed by atoms with E-state index in [1.807, 2.05) is 0 Å². The van der Waals surface area contributed by atoms with E-state index in [0.717, 1.165) is 37.7 Å². The molecule has 1 fully saturated rings. The Hall–Kier alpha value is -1.89. The van der Waals surface area contributed by atoms with Crippen molar-refractivity contribution in [2.75, 3.05) is 0 Å². The highest BCUT2D eigenvalue weighted by Crippen LogP contribution is 2.32. The largest absolute Gasteiger partial charge is 0.426 e. The smallest absolute Gasteiger partial charge is 0.314 e. The Morgan fingerprint density at radius 3 is 2.67 bits per heavy atom. The molecule has 0 aliphatic heterocycles. The third kappa shape index (κ3) is 4.04. The average molecular weight is 289 g/mol. The summed E-state index contributed by atoms with van der Waals surface area (Å²) in [5, 5.41) is 8.67. The molecule has 1 aliphatic rings. The van der Waals surface area contributed by atoms with Crippen LogP contribution in [0, 0.1) is 29.0 Å². The number of hydrogen-bond donors (Lipinski definition) is 0. The lowest BCUT2D eigenvalue weighted by molar-refractivity contribution is -0.140. The zero-order chi connectivity index (χ0) is 15.2. The highest BCUT2D eigenvalue weighted by atomic mass is 19.1. The third-order valence-corrected chi connectivity index (χ3v) is 4.16. The van der Waals surface area contributed by atoms with E-state index in [9.17, 15) is 9.18 Å². The fraction of sp³-hybridized carbons (Fsp3) is 0.529. The van der Waals surface area contributed by atoms with E-state index < -0.39 is 5.82 Å². The van der Waals surface area contributed by atoms with Crippen LogP contribution in [-0.2, 0) is 4.79 Å². The van der Waals surface area contributed by atoms with Gasteiger partial charge in [0, 0.05) is 6.07 Å². The van der Waals surface area contributed by atoms with Crippen molar-refractivity contribution in [3.63, 3.8) is 0 Å². The summed E-state index contributed by atoms with van der Waals surface area (Å²) in [5.41, 5.74) is -0.0464. The number of halogens is 1. The monoisotopic (exact) mass is 289 g/mol. The molecule has 0 heterocycles. The zero-order valence-corrected chi connectivity index (χ0v) is 12.3. The summed E-state index contributed by atoms with van der Waals surface area (Å²) in [4.78, 5) is 12.1. The first-order valence-corrected chi connectivity index (χ1v) is 7.55. The summed E-state index contributed by atoms with van der Waals surface area (Å²) >= 11 is 0. The summed E-state index contributed by atoms with van der Waals surface area (Å²) in [6, 6.07) is 5.63. The highest BCUT2D eigenvalue weighted by Gasteiger charge is 2.27. The maximum absolute atomic E-state index is 13.5. The number of nitriles is 1. The average Bonchev–Trinajstić information content (AvgIpc) is 2.48. The summed E-state index contributed by atoms with van der Waals surface area (Å²) in [6.07, 6.45) is 6.24. The Morgan fingerprint density at radius 2 is 2.10 bits per heavy atom. The fourth-order valence-corrected chi connectivity index (χ4v) is 2.94. The van der Waals surface area contributed by atoms with Crippen LogP contribution in [0.2, 0.25) is 0 Å². The van der Waals surface area contributed by atoms with Crippen LogP contribution in [0.1, 0.15) is 51.0 Å². The maximum atomic E-state index is 13.5. The van der Waals surface area contributed by atoms with Crippen LogP contribution in [0.5, 0.6) is 5.75 Å². The Kier molecular flexibility index (Phi) is 5.32. The molecule has 1 aromatic carbocycles. The predicted molar refractivity (Wildman–Crippen MR) is 77.1 cm³/mol. The fourth-order valence-electron chi connectivity index (χ4n) is 2.94. The van der Waals surface area contributed by atoms with Gasteiger partial charge >= 0.3 is 5.97 Å². The molecule has 4 heteroatoms. The van der Waals surface area contributed by atoms with E-state index >= 15 is 0 Å². The molecule has 1 aliphatic carbocycles. The van der Waals surface area contributed by atoms with Gasteiger partial charge in [-0.15, -0.1) is 0 Å². The zero-order valence-electron chi connectivity index (χ0n) is 12.3. The number of benzene rings is 1. The van der Waals surface area contributed by atoms with Crippen LogP contribution < -0.4 is 4.74 Å². The van der Waals surface area contributed by atoms with Crippen molar-refractivity contribution >= 4 is 5.97 Å². The molecule has 0 bridgehead atoms. The predicted octanol–water partition coefficient (Wildman–Crippen LogP) is 4.21. The lowest BCUT2D eigenvalue weighted by Gasteiger charge is -2.26. The molecule has 0 unspecified atom stereocenters. The lowest BCUT2D eigenvalue weighted by Crippen LogP contribution is -2.25. The van der Waals surface area contributed by atoms with Crippen LogP contribution in [0.4, 0.5) is 4.39 Å². The first-order chi connectivity index (χ1) is 10.1. The van der Waals surface area contributed by atoms with Gasteiger partial charge in [-0.05, 0) is 43.7 Å². The standard InChI is InChI=1S/C17H20FNO2/c1-2-3-12-4-6-13(7-5-12)17(20)21-15-9-8-14(11-19)16(18)10-15/h8-10,12-13H,2-7H2,1H3/t12-,13-. The van der Waals surface area contributed by atoms with Gasteiger partial charge < -0.3 is 4.74 Å². The minimum absolute atomic E-state index is 0.0464. The van der Waals surface area contributed by atoms with E-state index in [1.54, 1.807) is 6.07 Å². The van der Waals surface area contributed by atoms with Crippen molar-refractivity contribution in [1.82, 2.24) is 0 Å². The molecule has 3 nitrogen and oxygen atoms in total. The molecular formula is C17H20FNO2. The lowest BCUT2D eigenvalue weighted by atomic mass is 9.80. The van der Waals surface area contributed by atoms with Crippen molar-refractivity contribution in [2.45, 2.75) is 45.4 Å². The van der Waals surface area contributed by atoms with Crippen molar-refractivity contribution < 1.29 is 13.9 Å².